The number of phenols is 1. The highest BCUT2D eigenvalue weighted by atomic mass is 35.5. The third-order valence-corrected chi connectivity index (χ3v) is 6.51. The maximum Gasteiger partial charge on any atom is 0.170 e. The molecule has 3 aromatic rings. The van der Waals surface area contributed by atoms with Crippen LogP contribution >= 0.6 is 23.8 Å². The van der Waals surface area contributed by atoms with E-state index in [1.54, 1.807) is 18.2 Å². The summed E-state index contributed by atoms with van der Waals surface area (Å²) < 4.78 is 2.06. The van der Waals surface area contributed by atoms with Gasteiger partial charge in [-0.05, 0) is 74.4 Å². The molecule has 1 saturated heterocycles. The highest BCUT2D eigenvalue weighted by molar-refractivity contribution is 7.80. The number of halogens is 1. The van der Waals surface area contributed by atoms with Gasteiger partial charge in [0, 0.05) is 29.2 Å². The van der Waals surface area contributed by atoms with Gasteiger partial charge in [0.05, 0.1) is 23.5 Å². The molecule has 1 aliphatic heterocycles. The first-order chi connectivity index (χ1) is 14.9. The van der Waals surface area contributed by atoms with E-state index in [1.165, 1.54) is 0 Å². The molecule has 1 aromatic carbocycles. The second kappa shape index (κ2) is 8.89. The fourth-order valence-electron chi connectivity index (χ4n) is 4.45. The smallest absolute Gasteiger partial charge is 0.170 e. The van der Waals surface area contributed by atoms with E-state index in [4.69, 9.17) is 23.8 Å². The van der Waals surface area contributed by atoms with Crippen molar-refractivity contribution in [1.82, 2.24) is 19.8 Å². The predicted octanol–water partition coefficient (Wildman–Crippen LogP) is 5.62. The SMILES string of the molecule is CCCCN1C(=S)NC(c2ccccn2)C1c1cc(C)n(-c2cc(Cl)ccc2O)c1C. The maximum absolute atomic E-state index is 10.5. The highest BCUT2D eigenvalue weighted by Crippen LogP contribution is 2.42. The molecule has 0 aliphatic carbocycles. The molecule has 0 bridgehead atoms. The van der Waals surface area contributed by atoms with Crippen LogP contribution in [0.4, 0.5) is 0 Å². The van der Waals surface area contributed by atoms with E-state index in [0.717, 1.165) is 47.1 Å². The van der Waals surface area contributed by atoms with Crippen molar-refractivity contribution in [1.29, 1.82) is 0 Å². The van der Waals surface area contributed by atoms with Gasteiger partial charge in [0.25, 0.3) is 0 Å². The van der Waals surface area contributed by atoms with Crippen LogP contribution in [0.15, 0.2) is 48.7 Å². The van der Waals surface area contributed by atoms with E-state index in [9.17, 15) is 5.11 Å². The average molecular weight is 455 g/mol. The van der Waals surface area contributed by atoms with Crippen LogP contribution in [0.1, 0.15) is 54.5 Å². The molecular formula is C24H27ClN4OS. The molecule has 2 N–H and O–H groups in total. The third kappa shape index (κ3) is 4.02. The van der Waals surface area contributed by atoms with Crippen molar-refractivity contribution in [2.24, 2.45) is 0 Å². The van der Waals surface area contributed by atoms with Gasteiger partial charge >= 0.3 is 0 Å². The lowest BCUT2D eigenvalue weighted by Crippen LogP contribution is -2.30. The van der Waals surface area contributed by atoms with Crippen LogP contribution in [0.3, 0.4) is 0 Å². The molecule has 2 atom stereocenters. The number of unbranched alkanes of at least 4 members (excludes halogenated alkanes) is 1. The van der Waals surface area contributed by atoms with Crippen LogP contribution in [0.2, 0.25) is 5.02 Å². The van der Waals surface area contributed by atoms with Crippen molar-refractivity contribution >= 4 is 28.9 Å². The highest BCUT2D eigenvalue weighted by Gasteiger charge is 2.41. The number of nitrogens with one attached hydrogen (secondary N) is 1. The molecule has 1 fully saturated rings. The van der Waals surface area contributed by atoms with E-state index < -0.39 is 0 Å². The molecule has 2 unspecified atom stereocenters. The molecule has 162 valence electrons. The Bertz CT molecular complexity index is 1100. The number of aromatic hydroxyl groups is 1. The van der Waals surface area contributed by atoms with Crippen LogP contribution in [0.5, 0.6) is 5.75 Å². The van der Waals surface area contributed by atoms with Crippen LogP contribution < -0.4 is 5.32 Å². The van der Waals surface area contributed by atoms with Crippen molar-refractivity contribution in [2.75, 3.05) is 6.54 Å². The molecular weight excluding hydrogens is 428 g/mol. The van der Waals surface area contributed by atoms with E-state index >= 15 is 0 Å². The van der Waals surface area contributed by atoms with E-state index in [2.05, 4.69) is 39.7 Å². The Morgan fingerprint density at radius 2 is 2.00 bits per heavy atom. The van der Waals surface area contributed by atoms with Gasteiger partial charge in [0.2, 0.25) is 0 Å². The molecule has 1 aliphatic rings. The van der Waals surface area contributed by atoms with Crippen molar-refractivity contribution in [3.8, 4) is 11.4 Å². The van der Waals surface area contributed by atoms with Gasteiger partial charge < -0.3 is 19.9 Å². The van der Waals surface area contributed by atoms with Crippen LogP contribution in [-0.4, -0.2) is 31.2 Å². The van der Waals surface area contributed by atoms with Gasteiger partial charge in [-0.3, -0.25) is 4.98 Å². The van der Waals surface area contributed by atoms with Crippen molar-refractivity contribution in [3.63, 3.8) is 0 Å². The zero-order chi connectivity index (χ0) is 22.1. The first kappa shape index (κ1) is 21.7. The van der Waals surface area contributed by atoms with Crippen LogP contribution in [0.25, 0.3) is 5.69 Å². The lowest BCUT2D eigenvalue weighted by atomic mass is 9.96. The third-order valence-electron chi connectivity index (χ3n) is 5.92. The number of aromatic nitrogens is 2. The molecule has 0 radical (unpaired) electrons. The number of thiocarbonyl (C=S) groups is 1. The van der Waals surface area contributed by atoms with Gasteiger partial charge in [0.1, 0.15) is 5.75 Å². The number of nitrogens with zero attached hydrogens (tertiary/aromatic N) is 3. The molecule has 31 heavy (non-hydrogen) atoms. The molecule has 3 heterocycles. The van der Waals surface area contributed by atoms with Gasteiger partial charge in [0.15, 0.2) is 5.11 Å². The second-order valence-electron chi connectivity index (χ2n) is 7.97. The van der Waals surface area contributed by atoms with Gasteiger partial charge in [-0.15, -0.1) is 0 Å². The molecule has 2 aromatic heterocycles. The minimum atomic E-state index is -0.0486. The topological polar surface area (TPSA) is 53.3 Å². The standard InChI is InChI=1S/C24H27ClN4OS/c1-4-5-12-28-23(22(27-24(28)31)19-8-6-7-11-26-19)18-13-15(2)29(16(18)3)20-14-17(25)9-10-21(20)30/h6-11,13-14,22-23,30H,4-5,12H2,1-3H3,(H,27,31). The summed E-state index contributed by atoms with van der Waals surface area (Å²) in [7, 11) is 0. The van der Waals surface area contributed by atoms with Gasteiger partial charge in [-0.2, -0.15) is 0 Å². The Kier molecular flexibility index (Phi) is 6.21. The second-order valence-corrected chi connectivity index (χ2v) is 8.79. The van der Waals surface area contributed by atoms with Crippen molar-refractivity contribution < 1.29 is 5.11 Å². The van der Waals surface area contributed by atoms with E-state index in [1.807, 2.05) is 31.3 Å². The summed E-state index contributed by atoms with van der Waals surface area (Å²) in [5, 5.41) is 15.4. The lowest BCUT2D eigenvalue weighted by molar-refractivity contribution is 0.312. The molecule has 0 saturated carbocycles. The summed E-state index contributed by atoms with van der Waals surface area (Å²) in [6.07, 6.45) is 3.97. The van der Waals surface area contributed by atoms with Crippen molar-refractivity contribution in [2.45, 2.75) is 45.7 Å². The summed E-state index contributed by atoms with van der Waals surface area (Å²) in [5.41, 5.74) is 4.88. The quantitative estimate of drug-likeness (QED) is 0.473. The Hall–Kier alpha value is -2.57. The number of hydrogen-bond donors (Lipinski definition) is 2. The number of aryl methyl sites for hydroxylation is 1. The number of hydrogen-bond acceptors (Lipinski definition) is 3. The van der Waals surface area contributed by atoms with Crippen LogP contribution in [0, 0.1) is 13.8 Å². The first-order valence-electron chi connectivity index (χ1n) is 10.6. The van der Waals surface area contributed by atoms with E-state index in [0.29, 0.717) is 10.7 Å². The molecule has 0 amide bonds. The molecule has 4 rings (SSSR count). The fourth-order valence-corrected chi connectivity index (χ4v) is 4.94. The minimum absolute atomic E-state index is 0.00947. The predicted molar refractivity (Wildman–Crippen MR) is 129 cm³/mol. The Morgan fingerprint density at radius 1 is 1.19 bits per heavy atom. The van der Waals surface area contributed by atoms with Gasteiger partial charge in [-0.25, -0.2) is 0 Å². The first-order valence-corrected chi connectivity index (χ1v) is 11.4. The average Bonchev–Trinajstić information content (AvgIpc) is 3.24. The Labute approximate surface area is 193 Å². The lowest BCUT2D eigenvalue weighted by Gasteiger charge is -2.28. The maximum atomic E-state index is 10.5. The summed E-state index contributed by atoms with van der Waals surface area (Å²) in [5.74, 6) is 0.196. The Morgan fingerprint density at radius 3 is 2.71 bits per heavy atom. The zero-order valence-electron chi connectivity index (χ0n) is 18.0. The summed E-state index contributed by atoms with van der Waals surface area (Å²) >= 11 is 12.0. The van der Waals surface area contributed by atoms with Crippen LogP contribution in [-0.2, 0) is 0 Å². The number of benzene rings is 1. The van der Waals surface area contributed by atoms with E-state index in [-0.39, 0.29) is 17.8 Å². The molecule has 5 nitrogen and oxygen atoms in total. The van der Waals surface area contributed by atoms with Gasteiger partial charge in [-0.1, -0.05) is 31.0 Å². The van der Waals surface area contributed by atoms with Crippen molar-refractivity contribution in [3.05, 3.63) is 76.3 Å². The number of pyridine rings is 1. The normalized spacial score (nSPS) is 18.5. The summed E-state index contributed by atoms with van der Waals surface area (Å²) in [4.78, 5) is 6.90. The fraction of sp³-hybridized carbons (Fsp3) is 0.333. The Balaban J connectivity index is 1.84. The number of phenolic OH excluding ortho intramolecular Hbond substituents is 1. The summed E-state index contributed by atoms with van der Waals surface area (Å²) in [6.45, 7) is 7.19. The zero-order valence-corrected chi connectivity index (χ0v) is 19.5. The largest absolute Gasteiger partial charge is 0.506 e. The summed E-state index contributed by atoms with van der Waals surface area (Å²) in [6, 6.07) is 13.2. The minimum Gasteiger partial charge on any atom is -0.506 e. The number of rotatable bonds is 6. The molecule has 7 heteroatoms. The molecule has 0 spiro atoms. The monoisotopic (exact) mass is 454 g/mol.